The van der Waals surface area contributed by atoms with Crippen LogP contribution < -0.4 is 15.0 Å². The van der Waals surface area contributed by atoms with Gasteiger partial charge in [-0.15, -0.1) is 0 Å². The Labute approximate surface area is 252 Å². The first-order valence-corrected chi connectivity index (χ1v) is 14.3. The Morgan fingerprint density at radius 1 is 0.860 bits per heavy atom. The Balaban J connectivity index is 1.49. The maximum Gasteiger partial charge on any atom is 0.308 e. The van der Waals surface area contributed by atoms with E-state index in [1.807, 2.05) is 65.6 Å². The summed E-state index contributed by atoms with van der Waals surface area (Å²) in [6.07, 6.45) is 3.87. The van der Waals surface area contributed by atoms with E-state index in [4.69, 9.17) is 16.3 Å². The summed E-state index contributed by atoms with van der Waals surface area (Å²) in [6, 6.07) is 26.2. The van der Waals surface area contributed by atoms with Crippen LogP contribution in [0.15, 0.2) is 103 Å². The second kappa shape index (κ2) is 10.1. The summed E-state index contributed by atoms with van der Waals surface area (Å²) in [4.78, 5) is 57.4. The van der Waals surface area contributed by atoms with E-state index in [1.54, 1.807) is 48.5 Å². The summed E-state index contributed by atoms with van der Waals surface area (Å²) >= 11 is 6.59. The number of halogens is 1. The highest BCUT2D eigenvalue weighted by atomic mass is 35.5. The Hall–Kier alpha value is -5.01. The molecule has 212 valence electrons. The lowest BCUT2D eigenvalue weighted by atomic mass is 9.64. The number of hydrogen-bond donors (Lipinski definition) is 1. The minimum absolute atomic E-state index is 0.242. The van der Waals surface area contributed by atoms with E-state index in [9.17, 15) is 19.2 Å². The summed E-state index contributed by atoms with van der Waals surface area (Å²) in [6.45, 7) is 1.30. The lowest BCUT2D eigenvalue weighted by molar-refractivity contribution is -0.131. The Bertz CT molecular complexity index is 1870. The van der Waals surface area contributed by atoms with Gasteiger partial charge in [-0.25, -0.2) is 0 Å². The minimum Gasteiger partial charge on any atom is -0.427 e. The van der Waals surface area contributed by atoms with Gasteiger partial charge < -0.3 is 15.0 Å². The summed E-state index contributed by atoms with van der Waals surface area (Å²) < 4.78 is 5.17. The molecule has 3 heterocycles. The van der Waals surface area contributed by atoms with Crippen molar-refractivity contribution >= 4 is 52.5 Å². The monoisotopic (exact) mass is 588 g/mol. The normalized spacial score (nSPS) is 22.9. The molecule has 4 aromatic rings. The van der Waals surface area contributed by atoms with Gasteiger partial charge in [0.25, 0.3) is 0 Å². The smallest absolute Gasteiger partial charge is 0.308 e. The zero-order valence-electron chi connectivity index (χ0n) is 23.0. The van der Waals surface area contributed by atoms with Gasteiger partial charge in [-0.3, -0.25) is 19.2 Å². The molecular formula is C35H25ClN2O5. The lowest BCUT2D eigenvalue weighted by Gasteiger charge is -2.37. The third kappa shape index (κ3) is 3.96. The van der Waals surface area contributed by atoms with Crippen LogP contribution in [-0.2, 0) is 15.0 Å². The van der Waals surface area contributed by atoms with Gasteiger partial charge in [-0.1, -0.05) is 72.3 Å². The van der Waals surface area contributed by atoms with Crippen molar-refractivity contribution in [2.75, 3.05) is 10.2 Å². The van der Waals surface area contributed by atoms with Crippen LogP contribution in [0.1, 0.15) is 38.8 Å². The molecule has 4 aromatic carbocycles. The maximum absolute atomic E-state index is 14.8. The molecule has 4 atom stereocenters. The van der Waals surface area contributed by atoms with Crippen molar-refractivity contribution in [2.45, 2.75) is 24.4 Å². The number of esters is 1. The number of hydrogen-bond acceptors (Lipinski definition) is 6. The molecule has 0 aliphatic carbocycles. The average molecular weight is 589 g/mol. The van der Waals surface area contributed by atoms with Gasteiger partial charge in [0.05, 0.1) is 17.0 Å². The number of benzene rings is 4. The number of rotatable bonds is 5. The molecular weight excluding hydrogens is 564 g/mol. The van der Waals surface area contributed by atoms with E-state index in [0.717, 1.165) is 11.3 Å². The first-order chi connectivity index (χ1) is 20.8. The predicted molar refractivity (Wildman–Crippen MR) is 164 cm³/mol. The Morgan fingerprint density at radius 2 is 1.56 bits per heavy atom. The van der Waals surface area contributed by atoms with Crippen LogP contribution in [0.4, 0.5) is 11.4 Å². The van der Waals surface area contributed by atoms with Crippen LogP contribution in [-0.4, -0.2) is 35.5 Å². The lowest BCUT2D eigenvalue weighted by Crippen LogP contribution is -2.51. The first-order valence-electron chi connectivity index (χ1n) is 13.9. The molecule has 3 aliphatic rings. The van der Waals surface area contributed by atoms with Crippen molar-refractivity contribution in [1.82, 2.24) is 0 Å². The second-order valence-electron chi connectivity index (χ2n) is 10.9. The molecule has 1 N–H and O–H groups in total. The number of ether oxygens (including phenoxy) is 1. The minimum atomic E-state index is -1.44. The predicted octanol–water partition coefficient (Wildman–Crippen LogP) is 6.12. The van der Waals surface area contributed by atoms with E-state index < -0.39 is 35.2 Å². The molecule has 1 saturated heterocycles. The number of nitrogens with zero attached hydrogens (tertiary/aromatic N) is 1. The van der Waals surface area contributed by atoms with Crippen LogP contribution in [0, 0.1) is 5.92 Å². The molecule has 43 heavy (non-hydrogen) atoms. The molecule has 3 aliphatic heterocycles. The molecule has 0 saturated carbocycles. The van der Waals surface area contributed by atoms with Crippen molar-refractivity contribution in [3.63, 3.8) is 0 Å². The van der Waals surface area contributed by atoms with Gasteiger partial charge in [-0.2, -0.15) is 0 Å². The van der Waals surface area contributed by atoms with Gasteiger partial charge in [0.15, 0.2) is 11.6 Å². The molecule has 0 bridgehead atoms. The number of carbonyl (C=O) groups is 4. The number of nitrogens with one attached hydrogen (secondary N) is 1. The van der Waals surface area contributed by atoms with E-state index in [0.29, 0.717) is 22.6 Å². The number of para-hydroxylation sites is 2. The zero-order chi connectivity index (χ0) is 29.9. The first kappa shape index (κ1) is 26.9. The fraction of sp³-hybridized carbons (Fsp3) is 0.143. The highest BCUT2D eigenvalue weighted by Gasteiger charge is 2.70. The third-order valence-electron chi connectivity index (χ3n) is 8.63. The van der Waals surface area contributed by atoms with Gasteiger partial charge in [-0.05, 0) is 59.7 Å². The zero-order valence-corrected chi connectivity index (χ0v) is 23.7. The summed E-state index contributed by atoms with van der Waals surface area (Å²) in [5, 5.41) is 3.26. The van der Waals surface area contributed by atoms with Crippen LogP contribution >= 0.6 is 11.6 Å². The maximum atomic E-state index is 14.8. The van der Waals surface area contributed by atoms with Crippen molar-refractivity contribution < 1.29 is 23.9 Å². The summed E-state index contributed by atoms with van der Waals surface area (Å²) in [7, 11) is 0. The van der Waals surface area contributed by atoms with Crippen molar-refractivity contribution in [1.29, 1.82) is 0 Å². The molecule has 0 radical (unpaired) electrons. The van der Waals surface area contributed by atoms with E-state index in [-0.39, 0.29) is 22.3 Å². The molecule has 1 amide bonds. The van der Waals surface area contributed by atoms with Gasteiger partial charge >= 0.3 is 5.97 Å². The number of ketones is 2. The summed E-state index contributed by atoms with van der Waals surface area (Å²) in [5.41, 5.74) is 2.00. The quantitative estimate of drug-likeness (QED) is 0.171. The molecule has 0 aromatic heterocycles. The standard InChI is InChI=1S/C35H25ClN2O5/c1-20(39)43-23-17-14-22(15-18-23)32(40)31-30(33(41)24-9-3-5-11-26(24)36)35(25-10-4-6-12-27(25)37-34(35)42)29-19-16-21-8-2-7-13-28(21)38(29)31/h2-19,29-31H,1H3,(H,37,42)/t29-,30-,31+,35-/m1/s1. The van der Waals surface area contributed by atoms with E-state index >= 15 is 0 Å². The fourth-order valence-corrected chi connectivity index (χ4v) is 7.20. The number of amides is 1. The average Bonchev–Trinajstić information content (AvgIpc) is 3.49. The van der Waals surface area contributed by atoms with E-state index in [2.05, 4.69) is 5.32 Å². The molecule has 0 unspecified atom stereocenters. The van der Waals surface area contributed by atoms with Gasteiger partial charge in [0, 0.05) is 29.4 Å². The van der Waals surface area contributed by atoms with Crippen LogP contribution in [0.2, 0.25) is 5.02 Å². The van der Waals surface area contributed by atoms with Crippen LogP contribution in [0.5, 0.6) is 5.75 Å². The van der Waals surface area contributed by atoms with E-state index in [1.165, 1.54) is 6.92 Å². The van der Waals surface area contributed by atoms with Crippen molar-refractivity contribution in [2.24, 2.45) is 5.92 Å². The van der Waals surface area contributed by atoms with Crippen LogP contribution in [0.25, 0.3) is 6.08 Å². The number of carbonyl (C=O) groups excluding carboxylic acids is 4. The topological polar surface area (TPSA) is 92.8 Å². The van der Waals surface area contributed by atoms with Crippen molar-refractivity contribution in [3.05, 3.63) is 130 Å². The highest BCUT2D eigenvalue weighted by Crippen LogP contribution is 2.58. The van der Waals surface area contributed by atoms with Gasteiger partial charge in [0.1, 0.15) is 17.2 Å². The largest absolute Gasteiger partial charge is 0.427 e. The molecule has 1 fully saturated rings. The second-order valence-corrected chi connectivity index (χ2v) is 11.3. The third-order valence-corrected chi connectivity index (χ3v) is 8.96. The van der Waals surface area contributed by atoms with Crippen molar-refractivity contribution in [3.8, 4) is 5.75 Å². The van der Waals surface area contributed by atoms with Gasteiger partial charge in [0.2, 0.25) is 5.91 Å². The number of Topliss-reactive ketones (excluding diaryl/α,β-unsaturated/α-hetero) is 2. The fourth-order valence-electron chi connectivity index (χ4n) is 6.97. The molecule has 8 heteroatoms. The van der Waals surface area contributed by atoms with Crippen LogP contribution in [0.3, 0.4) is 0 Å². The summed E-state index contributed by atoms with van der Waals surface area (Å²) in [5.74, 6) is -2.41. The number of anilines is 2. The molecule has 7 nitrogen and oxygen atoms in total. The highest BCUT2D eigenvalue weighted by molar-refractivity contribution is 6.34. The Morgan fingerprint density at radius 3 is 2.33 bits per heavy atom. The molecule has 7 rings (SSSR count). The SMILES string of the molecule is CC(=O)Oc1ccc(C(=O)[C@@H]2[C@H](C(=O)c3ccccc3Cl)[C@]3(C(=O)Nc4ccccc43)[C@H]3C=Cc4ccccc4N23)cc1. The Kier molecular flexibility index (Phi) is 6.29. The number of fused-ring (bicyclic) bond motifs is 6. The molecule has 1 spiro atoms.